The quantitative estimate of drug-likeness (QED) is 0.595. The lowest BCUT2D eigenvalue weighted by Gasteiger charge is -2.30. The Morgan fingerprint density at radius 1 is 1.24 bits per heavy atom. The van der Waals surface area contributed by atoms with Crippen molar-refractivity contribution in [2.75, 3.05) is 11.7 Å². The summed E-state index contributed by atoms with van der Waals surface area (Å²) in [5.74, 6) is -0.0489. The Balaban J connectivity index is 2.61. The minimum atomic E-state index is -1.76. The summed E-state index contributed by atoms with van der Waals surface area (Å²) in [6, 6.07) is 7.72. The Morgan fingerprint density at radius 3 is 2.47 bits per heavy atom. The lowest BCUT2D eigenvalue weighted by Crippen LogP contribution is -2.49. The first-order valence-electron chi connectivity index (χ1n) is 5.52. The molecule has 0 spiro atoms. The van der Waals surface area contributed by atoms with Gasteiger partial charge >= 0.3 is 0 Å². The van der Waals surface area contributed by atoms with E-state index in [1.165, 1.54) is 7.11 Å². The molecule has 0 bridgehead atoms. The third kappa shape index (κ3) is 1.86. The van der Waals surface area contributed by atoms with Crippen molar-refractivity contribution >= 4 is 25.5 Å². The van der Waals surface area contributed by atoms with Gasteiger partial charge in [0.1, 0.15) is 7.11 Å². The Morgan fingerprint density at radius 2 is 1.88 bits per heavy atom. The average Bonchev–Trinajstić information content (AvgIpc) is 2.52. The Kier molecular flexibility index (Phi) is 2.78. The van der Waals surface area contributed by atoms with E-state index in [9.17, 15) is 4.79 Å². The van der Waals surface area contributed by atoms with Crippen LogP contribution in [0.1, 0.15) is 5.56 Å². The highest BCUT2D eigenvalue weighted by Crippen LogP contribution is 2.33. The van der Waals surface area contributed by atoms with Gasteiger partial charge in [-0.3, -0.25) is 4.79 Å². The van der Waals surface area contributed by atoms with E-state index in [1.54, 1.807) is 0 Å². The summed E-state index contributed by atoms with van der Waals surface area (Å²) >= 11 is 0. The predicted molar refractivity (Wildman–Crippen MR) is 70.8 cm³/mol. The van der Waals surface area contributed by atoms with Crippen LogP contribution in [0, 0.1) is 0 Å². The molecule has 0 saturated heterocycles. The van der Waals surface area contributed by atoms with Gasteiger partial charge in [0, 0.05) is 11.3 Å². The Labute approximate surface area is 102 Å². The van der Waals surface area contributed by atoms with Crippen LogP contribution in [0.15, 0.2) is 29.4 Å². The van der Waals surface area contributed by atoms with Crippen LogP contribution in [0.3, 0.4) is 0 Å². The summed E-state index contributed by atoms with van der Waals surface area (Å²) in [6.45, 7) is 6.41. The standard InChI is InChI=1S/C12H16N2O2Si/c1-16-13-11-9-7-5-6-8-10(9)14(12(11)15)17(2,3)4/h5-8H,1-4H3/b13-11-. The van der Waals surface area contributed by atoms with E-state index in [-0.39, 0.29) is 5.91 Å². The van der Waals surface area contributed by atoms with E-state index in [0.717, 1.165) is 11.3 Å². The highest BCUT2D eigenvalue weighted by atomic mass is 28.3. The first-order valence-corrected chi connectivity index (χ1v) is 8.96. The number of amides is 1. The van der Waals surface area contributed by atoms with Crippen molar-refractivity contribution in [1.82, 2.24) is 0 Å². The zero-order valence-corrected chi connectivity index (χ0v) is 11.5. The second-order valence-electron chi connectivity index (χ2n) is 4.95. The maximum atomic E-state index is 12.3. The molecule has 17 heavy (non-hydrogen) atoms. The minimum absolute atomic E-state index is 0.0489. The fraction of sp³-hybridized carbons (Fsp3) is 0.333. The van der Waals surface area contributed by atoms with Gasteiger partial charge in [0.05, 0.1) is 0 Å². The van der Waals surface area contributed by atoms with Crippen LogP contribution < -0.4 is 4.57 Å². The molecule has 5 heteroatoms. The Bertz CT molecular complexity index is 492. The highest BCUT2D eigenvalue weighted by molar-refractivity contribution is 6.87. The third-order valence-corrected chi connectivity index (χ3v) is 4.44. The van der Waals surface area contributed by atoms with Gasteiger partial charge in [0.2, 0.25) is 0 Å². The van der Waals surface area contributed by atoms with E-state index in [4.69, 9.17) is 4.84 Å². The number of hydrogen-bond acceptors (Lipinski definition) is 3. The van der Waals surface area contributed by atoms with Gasteiger partial charge < -0.3 is 9.40 Å². The van der Waals surface area contributed by atoms with Gasteiger partial charge in [-0.2, -0.15) is 0 Å². The van der Waals surface area contributed by atoms with E-state index in [2.05, 4.69) is 24.8 Å². The topological polar surface area (TPSA) is 41.9 Å². The molecule has 0 saturated carbocycles. The van der Waals surface area contributed by atoms with Crippen LogP contribution in [0.2, 0.25) is 19.6 Å². The number of carbonyl (C=O) groups excluding carboxylic acids is 1. The molecule has 0 fully saturated rings. The molecule has 90 valence electrons. The molecular formula is C12H16N2O2Si. The maximum Gasteiger partial charge on any atom is 0.273 e. The fourth-order valence-corrected chi connectivity index (χ4v) is 3.68. The van der Waals surface area contributed by atoms with E-state index in [1.807, 2.05) is 28.8 Å². The number of para-hydroxylation sites is 1. The highest BCUT2D eigenvalue weighted by Gasteiger charge is 2.41. The minimum Gasteiger partial charge on any atom is -0.398 e. The van der Waals surface area contributed by atoms with Crippen LogP contribution in [-0.2, 0) is 9.63 Å². The predicted octanol–water partition coefficient (Wildman–Crippen LogP) is 2.22. The summed E-state index contributed by atoms with van der Waals surface area (Å²) < 4.78 is 1.89. The van der Waals surface area contributed by atoms with Crippen LogP contribution in [-0.4, -0.2) is 27.0 Å². The molecule has 1 amide bonds. The van der Waals surface area contributed by atoms with Crippen LogP contribution >= 0.6 is 0 Å². The molecular weight excluding hydrogens is 232 g/mol. The molecule has 1 aliphatic rings. The van der Waals surface area contributed by atoms with E-state index in [0.29, 0.717) is 5.71 Å². The number of carbonyl (C=O) groups is 1. The smallest absolute Gasteiger partial charge is 0.273 e. The number of anilines is 1. The first kappa shape index (κ1) is 11.9. The zero-order chi connectivity index (χ0) is 12.6. The van der Waals surface area contributed by atoms with Gasteiger partial charge in [0.25, 0.3) is 5.91 Å². The Hall–Kier alpha value is -1.62. The number of benzene rings is 1. The molecule has 1 heterocycles. The van der Waals surface area contributed by atoms with Gasteiger partial charge in [-0.05, 0) is 6.07 Å². The molecule has 0 aromatic heterocycles. The molecule has 1 aliphatic heterocycles. The number of rotatable bonds is 2. The fourth-order valence-electron chi connectivity index (χ4n) is 2.04. The molecule has 0 radical (unpaired) electrons. The van der Waals surface area contributed by atoms with Crippen LogP contribution in [0.25, 0.3) is 0 Å². The van der Waals surface area contributed by atoms with E-state index >= 15 is 0 Å². The molecule has 2 rings (SSSR count). The second kappa shape index (κ2) is 3.99. The maximum absolute atomic E-state index is 12.3. The van der Waals surface area contributed by atoms with Crippen molar-refractivity contribution in [1.29, 1.82) is 0 Å². The van der Waals surface area contributed by atoms with Crippen molar-refractivity contribution in [2.45, 2.75) is 19.6 Å². The van der Waals surface area contributed by atoms with Crippen molar-refractivity contribution in [3.63, 3.8) is 0 Å². The van der Waals surface area contributed by atoms with Crippen LogP contribution in [0.4, 0.5) is 5.69 Å². The number of hydrogen-bond donors (Lipinski definition) is 0. The summed E-state index contributed by atoms with van der Waals surface area (Å²) in [5.41, 5.74) is 2.22. The number of oxime groups is 1. The van der Waals surface area contributed by atoms with Crippen molar-refractivity contribution in [3.05, 3.63) is 29.8 Å². The lowest BCUT2D eigenvalue weighted by atomic mass is 10.1. The van der Waals surface area contributed by atoms with Gasteiger partial charge in [0.15, 0.2) is 13.9 Å². The summed E-state index contributed by atoms with van der Waals surface area (Å²) in [5, 5.41) is 3.86. The SMILES string of the molecule is CO/N=C1\C(=O)N([Si](C)(C)C)c2ccccc21. The van der Waals surface area contributed by atoms with Crippen molar-refractivity contribution in [2.24, 2.45) is 5.16 Å². The zero-order valence-electron chi connectivity index (χ0n) is 10.5. The van der Waals surface area contributed by atoms with Gasteiger partial charge in [-0.1, -0.05) is 43.0 Å². The lowest BCUT2D eigenvalue weighted by molar-refractivity contribution is -0.111. The number of nitrogens with zero attached hydrogens (tertiary/aromatic N) is 2. The van der Waals surface area contributed by atoms with Gasteiger partial charge in [-0.15, -0.1) is 0 Å². The van der Waals surface area contributed by atoms with Gasteiger partial charge in [-0.25, -0.2) is 0 Å². The first-order chi connectivity index (χ1) is 7.96. The molecule has 0 atom stereocenters. The second-order valence-corrected chi connectivity index (χ2v) is 9.74. The summed E-state index contributed by atoms with van der Waals surface area (Å²) in [4.78, 5) is 17.1. The largest absolute Gasteiger partial charge is 0.398 e. The third-order valence-electron chi connectivity index (χ3n) is 2.66. The van der Waals surface area contributed by atoms with Crippen LogP contribution in [0.5, 0.6) is 0 Å². The molecule has 1 aromatic carbocycles. The summed E-state index contributed by atoms with van der Waals surface area (Å²) in [7, 11) is -0.303. The molecule has 4 nitrogen and oxygen atoms in total. The van der Waals surface area contributed by atoms with E-state index < -0.39 is 8.24 Å². The van der Waals surface area contributed by atoms with Crippen molar-refractivity contribution < 1.29 is 9.63 Å². The average molecular weight is 248 g/mol. The summed E-state index contributed by atoms with van der Waals surface area (Å²) in [6.07, 6.45) is 0. The molecule has 0 aliphatic carbocycles. The monoisotopic (exact) mass is 248 g/mol. The van der Waals surface area contributed by atoms with Crippen molar-refractivity contribution in [3.8, 4) is 0 Å². The molecule has 1 aromatic rings. The normalized spacial score (nSPS) is 17.5. The number of fused-ring (bicyclic) bond motifs is 1. The molecule has 0 N–H and O–H groups in total. The molecule has 0 unspecified atom stereocenters.